The molecule has 0 saturated heterocycles. The number of ether oxygens (including phenoxy) is 1. The Hall–Kier alpha value is -0.530. The van der Waals surface area contributed by atoms with Crippen molar-refractivity contribution in [1.29, 1.82) is 0 Å². The lowest BCUT2D eigenvalue weighted by atomic mass is 10.2. The van der Waals surface area contributed by atoms with E-state index in [0.717, 1.165) is 6.42 Å². The quantitative estimate of drug-likeness (QED) is 0.547. The lowest BCUT2D eigenvalue weighted by Crippen LogP contribution is -2.33. The first-order valence-corrected chi connectivity index (χ1v) is 4.34. The number of hydrogen-bond donors (Lipinski definition) is 0. The van der Waals surface area contributed by atoms with Gasteiger partial charge < -0.3 is 4.74 Å². The third-order valence-electron chi connectivity index (χ3n) is 1.41. The molecule has 0 aliphatic heterocycles. The van der Waals surface area contributed by atoms with Crippen LogP contribution in [-0.4, -0.2) is 25.8 Å². The number of rotatable bonds is 3. The molecule has 16 heavy (non-hydrogen) atoms. The molecule has 0 radical (unpaired) electrons. The second-order valence-corrected chi connectivity index (χ2v) is 2.82. The van der Waals surface area contributed by atoms with Gasteiger partial charge in [0.05, 0.1) is 0 Å². The SMILES string of the molecule is CC(C(F)(F)F)C(F)(F)F.CCCOCF. The van der Waals surface area contributed by atoms with Crippen molar-refractivity contribution in [2.24, 2.45) is 5.92 Å². The molecule has 0 amide bonds. The van der Waals surface area contributed by atoms with Crippen molar-refractivity contribution in [1.82, 2.24) is 0 Å². The van der Waals surface area contributed by atoms with Crippen LogP contribution in [0.15, 0.2) is 0 Å². The fourth-order valence-electron chi connectivity index (χ4n) is 0.384. The molecule has 0 rings (SSSR count). The Morgan fingerprint density at radius 3 is 1.44 bits per heavy atom. The molecule has 0 saturated carbocycles. The van der Waals surface area contributed by atoms with Crippen molar-refractivity contribution in [3.8, 4) is 0 Å². The summed E-state index contributed by atoms with van der Waals surface area (Å²) in [4.78, 5) is 0. The van der Waals surface area contributed by atoms with Gasteiger partial charge in [0, 0.05) is 6.61 Å². The topological polar surface area (TPSA) is 9.23 Å². The van der Waals surface area contributed by atoms with Gasteiger partial charge in [-0.3, -0.25) is 0 Å². The van der Waals surface area contributed by atoms with Crippen LogP contribution in [0.4, 0.5) is 30.7 Å². The van der Waals surface area contributed by atoms with Crippen LogP contribution in [0.2, 0.25) is 0 Å². The summed E-state index contributed by atoms with van der Waals surface area (Å²) in [5.41, 5.74) is 0. The highest BCUT2D eigenvalue weighted by Crippen LogP contribution is 2.38. The predicted molar refractivity (Wildman–Crippen MR) is 43.5 cm³/mol. The highest BCUT2D eigenvalue weighted by atomic mass is 19.4. The third kappa shape index (κ3) is 10.0. The maximum Gasteiger partial charge on any atom is 0.400 e. The maximum atomic E-state index is 11.2. The monoisotopic (exact) mass is 258 g/mol. The van der Waals surface area contributed by atoms with Gasteiger partial charge in [-0.1, -0.05) is 6.92 Å². The van der Waals surface area contributed by atoms with Gasteiger partial charge >= 0.3 is 12.4 Å². The summed E-state index contributed by atoms with van der Waals surface area (Å²) in [7, 11) is 0. The minimum Gasteiger partial charge on any atom is -0.351 e. The lowest BCUT2D eigenvalue weighted by Gasteiger charge is -2.17. The molecular formula is C8H13F7O. The molecule has 1 nitrogen and oxygen atoms in total. The van der Waals surface area contributed by atoms with E-state index in [-0.39, 0.29) is 6.92 Å². The lowest BCUT2D eigenvalue weighted by molar-refractivity contribution is -0.278. The van der Waals surface area contributed by atoms with Crippen molar-refractivity contribution in [2.45, 2.75) is 32.6 Å². The average molecular weight is 258 g/mol. The maximum absolute atomic E-state index is 11.2. The molecule has 0 aliphatic carbocycles. The van der Waals surface area contributed by atoms with Crippen molar-refractivity contribution in [3.05, 3.63) is 0 Å². The van der Waals surface area contributed by atoms with Crippen LogP contribution in [0.25, 0.3) is 0 Å². The van der Waals surface area contributed by atoms with E-state index < -0.39 is 25.1 Å². The molecule has 0 aromatic heterocycles. The van der Waals surface area contributed by atoms with Gasteiger partial charge in [-0.25, -0.2) is 4.39 Å². The van der Waals surface area contributed by atoms with Crippen LogP contribution in [0.5, 0.6) is 0 Å². The van der Waals surface area contributed by atoms with E-state index in [9.17, 15) is 30.7 Å². The Bertz CT molecular complexity index is 145. The molecular weight excluding hydrogens is 245 g/mol. The molecule has 0 atom stereocenters. The van der Waals surface area contributed by atoms with E-state index in [0.29, 0.717) is 6.61 Å². The van der Waals surface area contributed by atoms with Gasteiger partial charge in [-0.15, -0.1) is 0 Å². The van der Waals surface area contributed by atoms with E-state index in [1.54, 1.807) is 0 Å². The standard InChI is InChI=1S/C4H4F6.C4H9FO/c1-2(3(5,6)7)4(8,9)10;1-2-3-6-4-5/h2H,1H3;2-4H2,1H3. The summed E-state index contributed by atoms with van der Waals surface area (Å²) < 4.78 is 82.6. The molecule has 0 N–H and O–H groups in total. The average Bonchev–Trinajstić information content (AvgIpc) is 2.11. The molecule has 0 fully saturated rings. The van der Waals surface area contributed by atoms with E-state index in [1.165, 1.54) is 0 Å². The van der Waals surface area contributed by atoms with Gasteiger partial charge in [0.2, 0.25) is 0 Å². The van der Waals surface area contributed by atoms with Gasteiger partial charge in [0.15, 0.2) is 6.86 Å². The van der Waals surface area contributed by atoms with Crippen LogP contribution >= 0.6 is 0 Å². The first-order chi connectivity index (χ1) is 7.07. The van der Waals surface area contributed by atoms with Gasteiger partial charge in [-0.05, 0) is 13.3 Å². The number of halogens is 7. The highest BCUT2D eigenvalue weighted by Gasteiger charge is 2.53. The van der Waals surface area contributed by atoms with Crippen molar-refractivity contribution >= 4 is 0 Å². The molecule has 0 aliphatic rings. The molecule has 0 aromatic carbocycles. The van der Waals surface area contributed by atoms with E-state index in [4.69, 9.17) is 0 Å². The van der Waals surface area contributed by atoms with E-state index in [1.807, 2.05) is 6.92 Å². The highest BCUT2D eigenvalue weighted by molar-refractivity contribution is 4.69. The summed E-state index contributed by atoms with van der Waals surface area (Å²) in [5.74, 6) is -3.24. The second-order valence-electron chi connectivity index (χ2n) is 2.82. The minimum absolute atomic E-state index is 0.0833. The summed E-state index contributed by atoms with van der Waals surface area (Å²) in [6.45, 7) is 1.92. The van der Waals surface area contributed by atoms with Crippen LogP contribution < -0.4 is 0 Å². The molecule has 0 unspecified atom stereocenters. The fraction of sp³-hybridized carbons (Fsp3) is 1.00. The summed E-state index contributed by atoms with van der Waals surface area (Å²) in [6.07, 6.45) is -9.47. The van der Waals surface area contributed by atoms with Gasteiger partial charge in [-0.2, -0.15) is 26.3 Å². The van der Waals surface area contributed by atoms with E-state index >= 15 is 0 Å². The first kappa shape index (κ1) is 17.9. The molecule has 100 valence electrons. The Kier molecular flexibility index (Phi) is 8.59. The Morgan fingerprint density at radius 2 is 1.38 bits per heavy atom. The predicted octanol–water partition coefficient (Wildman–Crippen LogP) is 4.09. The molecule has 0 aromatic rings. The second kappa shape index (κ2) is 7.70. The zero-order valence-corrected chi connectivity index (χ0v) is 8.75. The smallest absolute Gasteiger partial charge is 0.351 e. The van der Waals surface area contributed by atoms with Crippen molar-refractivity contribution < 1.29 is 35.5 Å². The third-order valence-corrected chi connectivity index (χ3v) is 1.41. The summed E-state index contributed by atoms with van der Waals surface area (Å²) >= 11 is 0. The normalized spacial score (nSPS) is 12.4. The Labute approximate surface area is 88.6 Å². The molecule has 0 spiro atoms. The van der Waals surface area contributed by atoms with Gasteiger partial charge in [0.25, 0.3) is 0 Å². The van der Waals surface area contributed by atoms with Gasteiger partial charge in [0.1, 0.15) is 5.92 Å². The summed E-state index contributed by atoms with van der Waals surface area (Å²) in [6, 6.07) is 0. The van der Waals surface area contributed by atoms with Crippen LogP contribution in [0.3, 0.4) is 0 Å². The minimum atomic E-state index is -5.18. The fourth-order valence-corrected chi connectivity index (χ4v) is 0.384. The number of hydrogen-bond acceptors (Lipinski definition) is 1. The zero-order valence-electron chi connectivity index (χ0n) is 8.75. The molecule has 8 heteroatoms. The summed E-state index contributed by atoms with van der Waals surface area (Å²) in [5, 5.41) is 0. The van der Waals surface area contributed by atoms with Crippen LogP contribution in [0, 0.1) is 5.92 Å². The Balaban J connectivity index is 0. The van der Waals surface area contributed by atoms with Crippen molar-refractivity contribution in [3.63, 3.8) is 0 Å². The molecule has 0 bridgehead atoms. The van der Waals surface area contributed by atoms with Crippen LogP contribution in [-0.2, 0) is 4.74 Å². The van der Waals surface area contributed by atoms with Crippen molar-refractivity contribution in [2.75, 3.05) is 13.5 Å². The number of alkyl halides is 7. The van der Waals surface area contributed by atoms with E-state index in [2.05, 4.69) is 4.74 Å². The molecule has 0 heterocycles. The van der Waals surface area contributed by atoms with Crippen LogP contribution in [0.1, 0.15) is 20.3 Å². The first-order valence-electron chi connectivity index (χ1n) is 4.34. The zero-order chi connectivity index (χ0) is 13.4. The Morgan fingerprint density at radius 1 is 1.00 bits per heavy atom. The largest absolute Gasteiger partial charge is 0.400 e.